The van der Waals surface area contributed by atoms with E-state index in [1.807, 2.05) is 18.2 Å². The van der Waals surface area contributed by atoms with Gasteiger partial charge in [0, 0.05) is 30.3 Å². The molecule has 3 rings (SSSR count). The Morgan fingerprint density at radius 1 is 1.17 bits per heavy atom. The van der Waals surface area contributed by atoms with Crippen LogP contribution in [0.25, 0.3) is 0 Å². The van der Waals surface area contributed by atoms with Crippen LogP contribution in [0.5, 0.6) is 0 Å². The summed E-state index contributed by atoms with van der Waals surface area (Å²) in [6.45, 7) is 3.35. The Morgan fingerprint density at radius 3 is 2.55 bits per heavy atom. The summed E-state index contributed by atoms with van der Waals surface area (Å²) >= 11 is 11.7. The maximum absolute atomic E-state index is 12.6. The Labute approximate surface area is 179 Å². The minimum Gasteiger partial charge on any atom is -0.369 e. The number of nitro benzene ring substituents is 1. The normalized spacial score (nSPS) is 13.7. The van der Waals surface area contributed by atoms with Crippen molar-refractivity contribution in [2.75, 3.05) is 23.3 Å². The third-order valence-corrected chi connectivity index (χ3v) is 5.39. The number of carbonyl (C=O) groups excluding carboxylic acids is 1. The second kappa shape index (κ2) is 9.19. The van der Waals surface area contributed by atoms with Gasteiger partial charge in [0.1, 0.15) is 0 Å². The zero-order chi connectivity index (χ0) is 21.0. The maximum Gasteiger partial charge on any atom is 0.273 e. The summed E-state index contributed by atoms with van der Waals surface area (Å²) in [5.41, 5.74) is 1.94. The van der Waals surface area contributed by atoms with Gasteiger partial charge in [0.05, 0.1) is 21.3 Å². The molecule has 0 bridgehead atoms. The molecule has 9 heteroatoms. The highest BCUT2D eigenvalue weighted by Gasteiger charge is 2.21. The lowest BCUT2D eigenvalue weighted by atomic mass is 10.1. The van der Waals surface area contributed by atoms with E-state index in [-0.39, 0.29) is 21.9 Å². The van der Waals surface area contributed by atoms with Crippen LogP contribution >= 0.6 is 23.8 Å². The topological polar surface area (TPSA) is 87.5 Å². The first-order chi connectivity index (χ1) is 13.9. The summed E-state index contributed by atoms with van der Waals surface area (Å²) in [5.74, 6) is -0.509. The monoisotopic (exact) mass is 432 g/mol. The van der Waals surface area contributed by atoms with Crippen LogP contribution in [0.2, 0.25) is 5.02 Å². The summed E-state index contributed by atoms with van der Waals surface area (Å²) in [6.07, 6.45) is 3.39. The number of nitrogens with zero attached hydrogens (tertiary/aromatic N) is 2. The fourth-order valence-electron chi connectivity index (χ4n) is 3.45. The highest BCUT2D eigenvalue weighted by atomic mass is 35.5. The third-order valence-electron chi connectivity index (χ3n) is 4.88. The molecule has 0 radical (unpaired) electrons. The predicted molar refractivity (Wildman–Crippen MR) is 119 cm³/mol. The molecule has 0 atom stereocenters. The molecule has 1 amide bonds. The molecule has 0 unspecified atom stereocenters. The molecule has 2 aromatic carbocycles. The Bertz CT molecular complexity index is 961. The molecule has 1 aliphatic heterocycles. The van der Waals surface area contributed by atoms with E-state index < -0.39 is 10.8 Å². The van der Waals surface area contributed by atoms with E-state index in [0.717, 1.165) is 31.6 Å². The van der Waals surface area contributed by atoms with Crippen molar-refractivity contribution in [1.82, 2.24) is 5.32 Å². The van der Waals surface area contributed by atoms with Crippen molar-refractivity contribution < 1.29 is 9.72 Å². The van der Waals surface area contributed by atoms with Crippen LogP contribution in [0.15, 0.2) is 36.4 Å². The van der Waals surface area contributed by atoms with Gasteiger partial charge in [-0.05, 0) is 56.6 Å². The molecule has 0 spiro atoms. The number of carbonyl (C=O) groups is 1. The van der Waals surface area contributed by atoms with Gasteiger partial charge in [-0.3, -0.25) is 20.2 Å². The van der Waals surface area contributed by atoms with Gasteiger partial charge in [0.25, 0.3) is 11.6 Å². The molecular weight excluding hydrogens is 412 g/mol. The minimum atomic E-state index is -0.514. The molecule has 0 aromatic heterocycles. The van der Waals surface area contributed by atoms with Crippen molar-refractivity contribution in [2.45, 2.75) is 26.2 Å². The summed E-state index contributed by atoms with van der Waals surface area (Å²) in [5, 5.41) is 17.5. The molecule has 1 fully saturated rings. The first-order valence-electron chi connectivity index (χ1n) is 9.28. The molecule has 152 valence electrons. The first-order valence-corrected chi connectivity index (χ1v) is 10.1. The zero-order valence-electron chi connectivity index (χ0n) is 15.9. The van der Waals surface area contributed by atoms with Crippen LogP contribution in [-0.2, 0) is 0 Å². The predicted octanol–water partition coefficient (Wildman–Crippen LogP) is 4.67. The van der Waals surface area contributed by atoms with E-state index in [1.165, 1.54) is 31.5 Å². The summed E-state index contributed by atoms with van der Waals surface area (Å²) in [4.78, 5) is 25.4. The number of nitro groups is 1. The van der Waals surface area contributed by atoms with Crippen molar-refractivity contribution in [3.05, 3.63) is 62.7 Å². The van der Waals surface area contributed by atoms with Gasteiger partial charge in [-0.15, -0.1) is 0 Å². The molecule has 1 heterocycles. The fourth-order valence-corrected chi connectivity index (χ4v) is 3.94. The van der Waals surface area contributed by atoms with Crippen molar-refractivity contribution in [3.63, 3.8) is 0 Å². The Hall–Kier alpha value is -2.71. The number of hydrogen-bond acceptors (Lipinski definition) is 5. The van der Waals surface area contributed by atoms with Crippen molar-refractivity contribution in [3.8, 4) is 0 Å². The molecule has 29 heavy (non-hydrogen) atoms. The number of anilines is 2. The van der Waals surface area contributed by atoms with E-state index in [4.69, 9.17) is 23.8 Å². The molecule has 0 aliphatic carbocycles. The number of para-hydroxylation sites is 1. The molecule has 7 nitrogen and oxygen atoms in total. The van der Waals surface area contributed by atoms with Crippen LogP contribution < -0.4 is 15.5 Å². The van der Waals surface area contributed by atoms with E-state index in [1.54, 1.807) is 0 Å². The fraction of sp³-hybridized carbons (Fsp3) is 0.300. The van der Waals surface area contributed by atoms with Gasteiger partial charge >= 0.3 is 0 Å². The SMILES string of the molecule is Cc1c(C(=O)NC(=S)Nc2cccc(Cl)c2N2CCCCC2)cccc1[N+](=O)[O-]. The quantitative estimate of drug-likeness (QED) is 0.414. The molecular formula is C20H21ClN4O3S. The smallest absolute Gasteiger partial charge is 0.273 e. The number of amides is 1. The molecule has 1 aliphatic rings. The lowest BCUT2D eigenvalue weighted by Gasteiger charge is -2.31. The van der Waals surface area contributed by atoms with Crippen LogP contribution in [-0.4, -0.2) is 29.0 Å². The van der Waals surface area contributed by atoms with Gasteiger partial charge in [0.15, 0.2) is 5.11 Å². The van der Waals surface area contributed by atoms with Gasteiger partial charge in [-0.25, -0.2) is 0 Å². The molecule has 2 N–H and O–H groups in total. The van der Waals surface area contributed by atoms with Crippen molar-refractivity contribution in [1.29, 1.82) is 0 Å². The van der Waals surface area contributed by atoms with Crippen LogP contribution in [0.1, 0.15) is 35.2 Å². The first kappa shape index (κ1) is 21.0. The van der Waals surface area contributed by atoms with E-state index in [9.17, 15) is 14.9 Å². The Balaban J connectivity index is 1.76. The number of rotatable bonds is 4. The lowest BCUT2D eigenvalue weighted by Crippen LogP contribution is -2.36. The number of piperidine rings is 1. The minimum absolute atomic E-state index is 0.0985. The van der Waals surface area contributed by atoms with Gasteiger partial charge in [0.2, 0.25) is 0 Å². The summed E-state index contributed by atoms with van der Waals surface area (Å²) in [7, 11) is 0. The van der Waals surface area contributed by atoms with Gasteiger partial charge in [-0.2, -0.15) is 0 Å². The maximum atomic E-state index is 12.6. The van der Waals surface area contributed by atoms with Crippen LogP contribution in [0, 0.1) is 17.0 Å². The highest BCUT2D eigenvalue weighted by molar-refractivity contribution is 7.80. The lowest BCUT2D eigenvalue weighted by molar-refractivity contribution is -0.385. The van der Waals surface area contributed by atoms with Crippen molar-refractivity contribution >= 4 is 51.9 Å². The molecule has 2 aromatic rings. The highest BCUT2D eigenvalue weighted by Crippen LogP contribution is 2.35. The van der Waals surface area contributed by atoms with Gasteiger partial charge in [-0.1, -0.05) is 23.7 Å². The average molecular weight is 433 g/mol. The van der Waals surface area contributed by atoms with Crippen molar-refractivity contribution in [2.24, 2.45) is 0 Å². The van der Waals surface area contributed by atoms with Gasteiger partial charge < -0.3 is 10.2 Å². The second-order valence-electron chi connectivity index (χ2n) is 6.80. The summed E-state index contributed by atoms with van der Waals surface area (Å²) < 4.78 is 0. The van der Waals surface area contributed by atoms with E-state index >= 15 is 0 Å². The number of nitrogens with one attached hydrogen (secondary N) is 2. The van der Waals surface area contributed by atoms with E-state index in [2.05, 4.69) is 15.5 Å². The average Bonchev–Trinajstić information content (AvgIpc) is 2.68. The second-order valence-corrected chi connectivity index (χ2v) is 7.61. The third kappa shape index (κ3) is 4.83. The van der Waals surface area contributed by atoms with Crippen LogP contribution in [0.3, 0.4) is 0 Å². The Morgan fingerprint density at radius 2 is 1.86 bits per heavy atom. The van der Waals surface area contributed by atoms with Crippen LogP contribution in [0.4, 0.5) is 17.1 Å². The number of halogens is 1. The number of benzene rings is 2. The zero-order valence-corrected chi connectivity index (χ0v) is 17.5. The molecule has 0 saturated carbocycles. The summed E-state index contributed by atoms with van der Waals surface area (Å²) in [6, 6.07) is 9.85. The molecule has 1 saturated heterocycles. The number of hydrogen-bond donors (Lipinski definition) is 2. The number of thiocarbonyl (C=S) groups is 1. The van der Waals surface area contributed by atoms with E-state index in [0.29, 0.717) is 10.7 Å². The standard InChI is InChI=1S/C20H21ClN4O3S/c1-13-14(7-5-10-17(13)25(27)28)19(26)23-20(29)22-16-9-6-8-15(21)18(16)24-11-3-2-4-12-24/h5-10H,2-4,11-12H2,1H3,(H2,22,23,26,29). The Kier molecular flexibility index (Phi) is 6.66. The largest absolute Gasteiger partial charge is 0.369 e.